The van der Waals surface area contributed by atoms with Crippen LogP contribution < -0.4 is 5.73 Å². The third-order valence-corrected chi connectivity index (χ3v) is 4.22. The Morgan fingerprint density at radius 3 is 2.43 bits per heavy atom. The van der Waals surface area contributed by atoms with Gasteiger partial charge in [-0.3, -0.25) is 9.69 Å². The van der Waals surface area contributed by atoms with Crippen LogP contribution in [0.25, 0.3) is 0 Å². The highest BCUT2D eigenvalue weighted by Gasteiger charge is 2.23. The summed E-state index contributed by atoms with van der Waals surface area (Å²) in [4.78, 5) is 13.4. The second-order valence-corrected chi connectivity index (χ2v) is 7.05. The lowest BCUT2D eigenvalue weighted by molar-refractivity contribution is -0.123. The molecule has 0 aromatic heterocycles. The van der Waals surface area contributed by atoms with E-state index in [0.717, 1.165) is 43.6 Å². The lowest BCUT2D eigenvalue weighted by Crippen LogP contribution is -2.38. The highest BCUT2D eigenvalue weighted by Crippen LogP contribution is 2.25. The van der Waals surface area contributed by atoms with E-state index in [9.17, 15) is 9.18 Å². The molecule has 2 rings (SSSR count). The number of halogens is 1. The van der Waals surface area contributed by atoms with Crippen molar-refractivity contribution >= 4 is 5.91 Å². The van der Waals surface area contributed by atoms with Crippen molar-refractivity contribution < 1.29 is 9.18 Å². The van der Waals surface area contributed by atoms with Crippen molar-refractivity contribution in [3.63, 3.8) is 0 Å². The largest absolute Gasteiger partial charge is 0.369 e. The summed E-state index contributed by atoms with van der Waals surface area (Å²) in [6, 6.07) is 5.31. The van der Waals surface area contributed by atoms with Crippen LogP contribution in [0.3, 0.4) is 0 Å². The van der Waals surface area contributed by atoms with Crippen LogP contribution in [0.15, 0.2) is 18.2 Å². The topological polar surface area (TPSA) is 46.3 Å². The van der Waals surface area contributed by atoms with E-state index in [-0.39, 0.29) is 23.1 Å². The van der Waals surface area contributed by atoms with Crippen LogP contribution in [0.2, 0.25) is 0 Å². The number of carbonyl (C=O) groups is 1. The predicted octanol–water partition coefficient (Wildman–Crippen LogP) is 2.82. The molecule has 0 bridgehead atoms. The second kappa shape index (κ2) is 6.14. The van der Waals surface area contributed by atoms with Gasteiger partial charge in [-0.1, -0.05) is 26.8 Å². The minimum Gasteiger partial charge on any atom is -0.369 e. The highest BCUT2D eigenvalue weighted by molar-refractivity contribution is 5.76. The number of nitrogens with zero attached hydrogens (tertiary/aromatic N) is 1. The number of nitrogens with two attached hydrogens (primary N) is 1. The molecule has 1 fully saturated rings. The molecular weight excluding hydrogens is 267 g/mol. The summed E-state index contributed by atoms with van der Waals surface area (Å²) in [7, 11) is 0. The number of amides is 1. The van der Waals surface area contributed by atoms with E-state index in [1.54, 1.807) is 12.1 Å². The molecule has 0 aliphatic carbocycles. The zero-order valence-corrected chi connectivity index (χ0v) is 13.2. The van der Waals surface area contributed by atoms with E-state index in [4.69, 9.17) is 5.73 Å². The minimum atomic E-state index is -0.199. The van der Waals surface area contributed by atoms with Gasteiger partial charge in [0.25, 0.3) is 0 Å². The van der Waals surface area contributed by atoms with Crippen molar-refractivity contribution in [3.8, 4) is 0 Å². The van der Waals surface area contributed by atoms with E-state index >= 15 is 0 Å². The first-order valence-electron chi connectivity index (χ1n) is 7.57. The molecule has 21 heavy (non-hydrogen) atoms. The number of benzene rings is 1. The number of rotatable bonds is 3. The highest BCUT2D eigenvalue weighted by atomic mass is 19.1. The maximum absolute atomic E-state index is 13.8. The van der Waals surface area contributed by atoms with Gasteiger partial charge in [0.1, 0.15) is 5.82 Å². The molecule has 116 valence electrons. The summed E-state index contributed by atoms with van der Waals surface area (Å²) in [6.07, 6.45) is 1.60. The molecule has 0 spiro atoms. The fraction of sp³-hybridized carbons (Fsp3) is 0.588. The fourth-order valence-electron chi connectivity index (χ4n) is 2.81. The zero-order chi connectivity index (χ0) is 15.6. The van der Waals surface area contributed by atoms with Crippen LogP contribution in [0.4, 0.5) is 4.39 Å². The maximum atomic E-state index is 13.8. The SMILES string of the molecule is CC(C)(C)c1cc(F)cc(CN2CCC(C(N)=O)CC2)c1. The van der Waals surface area contributed by atoms with E-state index in [2.05, 4.69) is 31.7 Å². The van der Waals surface area contributed by atoms with Gasteiger partial charge in [0.05, 0.1) is 0 Å². The lowest BCUT2D eigenvalue weighted by atomic mass is 9.86. The van der Waals surface area contributed by atoms with Crippen LogP contribution in [-0.4, -0.2) is 23.9 Å². The smallest absolute Gasteiger partial charge is 0.220 e. The fourth-order valence-corrected chi connectivity index (χ4v) is 2.81. The van der Waals surface area contributed by atoms with Gasteiger partial charge in [-0.2, -0.15) is 0 Å². The normalized spacial score (nSPS) is 17.9. The number of hydrogen-bond donors (Lipinski definition) is 1. The van der Waals surface area contributed by atoms with Crippen molar-refractivity contribution in [1.29, 1.82) is 0 Å². The Kier molecular flexibility index (Phi) is 4.67. The van der Waals surface area contributed by atoms with Crippen LogP contribution in [0.1, 0.15) is 44.7 Å². The molecule has 0 unspecified atom stereocenters. The quantitative estimate of drug-likeness (QED) is 0.931. The number of hydrogen-bond acceptors (Lipinski definition) is 2. The standard InChI is InChI=1S/C17H25FN2O/c1-17(2,3)14-8-12(9-15(18)10-14)11-20-6-4-13(5-7-20)16(19)21/h8-10,13H,4-7,11H2,1-3H3,(H2,19,21). The molecule has 0 radical (unpaired) electrons. The van der Waals surface area contributed by atoms with Crippen LogP contribution >= 0.6 is 0 Å². The summed E-state index contributed by atoms with van der Waals surface area (Å²) in [5.74, 6) is -0.376. The number of likely N-dealkylation sites (tertiary alicyclic amines) is 1. The monoisotopic (exact) mass is 292 g/mol. The van der Waals surface area contributed by atoms with Gasteiger partial charge in [-0.25, -0.2) is 4.39 Å². The van der Waals surface area contributed by atoms with E-state index < -0.39 is 0 Å². The average Bonchev–Trinajstić information content (AvgIpc) is 2.37. The van der Waals surface area contributed by atoms with Gasteiger partial charge in [0, 0.05) is 12.5 Å². The van der Waals surface area contributed by atoms with Gasteiger partial charge in [0.2, 0.25) is 5.91 Å². The lowest BCUT2D eigenvalue weighted by Gasteiger charge is -2.31. The predicted molar refractivity (Wildman–Crippen MR) is 82.3 cm³/mol. The first-order chi connectivity index (χ1) is 9.75. The Morgan fingerprint density at radius 2 is 1.90 bits per heavy atom. The molecule has 1 aromatic rings. The number of piperidine rings is 1. The Morgan fingerprint density at radius 1 is 1.29 bits per heavy atom. The number of primary amides is 1. The third kappa shape index (κ3) is 4.27. The summed E-state index contributed by atoms with van der Waals surface area (Å²) in [6.45, 7) is 8.67. The molecule has 1 amide bonds. The van der Waals surface area contributed by atoms with Crippen LogP contribution in [0, 0.1) is 11.7 Å². The third-order valence-electron chi connectivity index (χ3n) is 4.22. The van der Waals surface area contributed by atoms with Gasteiger partial charge in [-0.15, -0.1) is 0 Å². The molecular formula is C17H25FN2O. The molecule has 1 aliphatic rings. The molecule has 1 saturated heterocycles. The molecule has 1 heterocycles. The summed E-state index contributed by atoms with van der Waals surface area (Å²) in [5, 5.41) is 0. The molecule has 0 atom stereocenters. The van der Waals surface area contributed by atoms with Crippen LogP contribution in [-0.2, 0) is 16.8 Å². The Hall–Kier alpha value is -1.42. The van der Waals surface area contributed by atoms with E-state index in [1.165, 1.54) is 0 Å². The zero-order valence-electron chi connectivity index (χ0n) is 13.2. The molecule has 0 saturated carbocycles. The van der Waals surface area contributed by atoms with Crippen molar-refractivity contribution in [1.82, 2.24) is 4.90 Å². The van der Waals surface area contributed by atoms with E-state index in [0.29, 0.717) is 0 Å². The molecule has 4 heteroatoms. The maximum Gasteiger partial charge on any atom is 0.220 e. The average molecular weight is 292 g/mol. The van der Waals surface area contributed by atoms with Gasteiger partial charge < -0.3 is 5.73 Å². The van der Waals surface area contributed by atoms with Crippen molar-refractivity contribution in [2.24, 2.45) is 11.7 Å². The van der Waals surface area contributed by atoms with Crippen LogP contribution in [0.5, 0.6) is 0 Å². The van der Waals surface area contributed by atoms with Crippen molar-refractivity contribution in [2.45, 2.75) is 45.6 Å². The summed E-state index contributed by atoms with van der Waals surface area (Å²) >= 11 is 0. The Bertz CT molecular complexity index is 514. The first kappa shape index (κ1) is 16.0. The van der Waals surface area contributed by atoms with Crippen molar-refractivity contribution in [2.75, 3.05) is 13.1 Å². The second-order valence-electron chi connectivity index (χ2n) is 7.05. The molecule has 1 aromatic carbocycles. The van der Waals surface area contributed by atoms with Crippen molar-refractivity contribution in [3.05, 3.63) is 35.1 Å². The molecule has 1 aliphatic heterocycles. The van der Waals surface area contributed by atoms with Gasteiger partial charge >= 0.3 is 0 Å². The van der Waals surface area contributed by atoms with Gasteiger partial charge in [0.15, 0.2) is 0 Å². The summed E-state index contributed by atoms with van der Waals surface area (Å²) in [5.41, 5.74) is 7.30. The minimum absolute atomic E-state index is 0.00102. The van der Waals surface area contributed by atoms with E-state index in [1.807, 2.05) is 0 Å². The number of carbonyl (C=O) groups excluding carboxylic acids is 1. The molecule has 3 nitrogen and oxygen atoms in total. The molecule has 2 N–H and O–H groups in total. The Labute approximate surface area is 126 Å². The Balaban J connectivity index is 2.04. The summed E-state index contributed by atoms with van der Waals surface area (Å²) < 4.78 is 13.8. The first-order valence-corrected chi connectivity index (χ1v) is 7.57. The van der Waals surface area contributed by atoms with Gasteiger partial charge in [-0.05, 0) is 54.6 Å².